The van der Waals surface area contributed by atoms with E-state index < -0.39 is 0 Å². The van der Waals surface area contributed by atoms with Crippen molar-refractivity contribution in [3.05, 3.63) is 23.8 Å². The smallest absolute Gasteiger partial charge is 0.122 e. The Balaban J connectivity index is 2.93. The van der Waals surface area contributed by atoms with Gasteiger partial charge in [0.25, 0.3) is 0 Å². The molecule has 0 saturated carbocycles. The zero-order valence-corrected chi connectivity index (χ0v) is 10.5. The van der Waals surface area contributed by atoms with E-state index in [9.17, 15) is 0 Å². The molecule has 0 saturated heterocycles. The maximum Gasteiger partial charge on any atom is 0.122 e. The maximum atomic E-state index is 5.81. The topological polar surface area (TPSA) is 44.5 Å². The first kappa shape index (κ1) is 12.8. The lowest BCUT2D eigenvalue weighted by Crippen LogP contribution is -2.17. The molecule has 90 valence electrons. The van der Waals surface area contributed by atoms with Gasteiger partial charge < -0.3 is 15.2 Å². The lowest BCUT2D eigenvalue weighted by molar-refractivity contribution is 0.392. The minimum Gasteiger partial charge on any atom is -0.497 e. The van der Waals surface area contributed by atoms with Crippen LogP contribution in [-0.4, -0.2) is 20.3 Å². The fourth-order valence-electron chi connectivity index (χ4n) is 1.81. The Bertz CT molecular complexity index is 314. The van der Waals surface area contributed by atoms with Crippen LogP contribution in [0.15, 0.2) is 18.2 Å². The molecule has 1 aromatic rings. The molecular formula is C13H21NO2. The molecule has 0 spiro atoms. The molecule has 3 nitrogen and oxygen atoms in total. The van der Waals surface area contributed by atoms with Gasteiger partial charge >= 0.3 is 0 Å². The summed E-state index contributed by atoms with van der Waals surface area (Å²) in [6.07, 6.45) is 0.955. The van der Waals surface area contributed by atoms with Gasteiger partial charge in [0.15, 0.2) is 0 Å². The molecule has 0 amide bonds. The summed E-state index contributed by atoms with van der Waals surface area (Å²) in [5, 5.41) is 0. The van der Waals surface area contributed by atoms with Gasteiger partial charge in [-0.3, -0.25) is 0 Å². The Hall–Kier alpha value is -1.22. The Morgan fingerprint density at radius 1 is 1.06 bits per heavy atom. The van der Waals surface area contributed by atoms with Crippen LogP contribution in [0.4, 0.5) is 0 Å². The van der Waals surface area contributed by atoms with E-state index in [4.69, 9.17) is 15.2 Å². The molecule has 0 radical (unpaired) electrons. The van der Waals surface area contributed by atoms with Crippen molar-refractivity contribution in [3.63, 3.8) is 0 Å². The summed E-state index contributed by atoms with van der Waals surface area (Å²) < 4.78 is 10.5. The number of rotatable bonds is 5. The van der Waals surface area contributed by atoms with E-state index >= 15 is 0 Å². The highest BCUT2D eigenvalue weighted by atomic mass is 16.5. The van der Waals surface area contributed by atoms with Gasteiger partial charge in [0.1, 0.15) is 11.5 Å². The maximum absolute atomic E-state index is 5.81. The van der Waals surface area contributed by atoms with Gasteiger partial charge in [-0.05, 0) is 37.0 Å². The fraction of sp³-hybridized carbons (Fsp3) is 0.538. The van der Waals surface area contributed by atoms with Crippen molar-refractivity contribution >= 4 is 0 Å². The summed E-state index contributed by atoms with van der Waals surface area (Å²) in [6, 6.07) is 6.15. The average molecular weight is 223 g/mol. The third kappa shape index (κ3) is 3.42. The molecule has 0 aliphatic heterocycles. The van der Waals surface area contributed by atoms with Gasteiger partial charge in [-0.25, -0.2) is 0 Å². The summed E-state index contributed by atoms with van der Waals surface area (Å²) in [5.74, 6) is 2.06. The molecule has 0 heterocycles. The Morgan fingerprint density at radius 2 is 1.56 bits per heavy atom. The molecule has 3 heteroatoms. The standard InChI is InChI=1S/C13H21NO2/c1-9(5-10(2)14)11-6-12(15-3)8-13(7-11)16-4/h6-10H,5,14H2,1-4H3. The summed E-state index contributed by atoms with van der Waals surface area (Å²) in [4.78, 5) is 0. The molecule has 1 aromatic carbocycles. The van der Waals surface area contributed by atoms with Crippen molar-refractivity contribution in [1.29, 1.82) is 0 Å². The molecule has 1 rings (SSSR count). The van der Waals surface area contributed by atoms with Crippen molar-refractivity contribution in [1.82, 2.24) is 0 Å². The Kier molecular flexibility index (Phi) is 4.62. The van der Waals surface area contributed by atoms with E-state index in [1.165, 1.54) is 5.56 Å². The number of hydrogen-bond donors (Lipinski definition) is 1. The normalized spacial score (nSPS) is 14.3. The summed E-state index contributed by atoms with van der Waals surface area (Å²) in [6.45, 7) is 4.19. The number of methoxy groups -OCH3 is 2. The van der Waals surface area contributed by atoms with E-state index in [0.717, 1.165) is 17.9 Å². The highest BCUT2D eigenvalue weighted by Gasteiger charge is 2.11. The highest BCUT2D eigenvalue weighted by Crippen LogP contribution is 2.29. The van der Waals surface area contributed by atoms with Gasteiger partial charge in [-0.15, -0.1) is 0 Å². The van der Waals surface area contributed by atoms with Crippen molar-refractivity contribution in [3.8, 4) is 11.5 Å². The molecule has 0 aliphatic rings. The number of ether oxygens (including phenoxy) is 2. The molecule has 2 unspecified atom stereocenters. The Labute approximate surface area is 97.6 Å². The number of nitrogens with two attached hydrogens (primary N) is 1. The molecular weight excluding hydrogens is 202 g/mol. The van der Waals surface area contributed by atoms with E-state index in [1.54, 1.807) is 14.2 Å². The monoisotopic (exact) mass is 223 g/mol. The van der Waals surface area contributed by atoms with Crippen LogP contribution in [0.5, 0.6) is 11.5 Å². The second-order valence-corrected chi connectivity index (χ2v) is 4.26. The quantitative estimate of drug-likeness (QED) is 0.834. The first-order valence-electron chi connectivity index (χ1n) is 5.55. The number of benzene rings is 1. The van der Waals surface area contributed by atoms with Crippen LogP contribution in [0.3, 0.4) is 0 Å². The molecule has 0 bridgehead atoms. The third-order valence-electron chi connectivity index (χ3n) is 2.67. The molecule has 0 aliphatic carbocycles. The van der Waals surface area contributed by atoms with Crippen LogP contribution in [0.25, 0.3) is 0 Å². The minimum absolute atomic E-state index is 0.201. The second-order valence-electron chi connectivity index (χ2n) is 4.26. The predicted octanol–water partition coefficient (Wildman–Crippen LogP) is 2.54. The molecule has 16 heavy (non-hydrogen) atoms. The van der Waals surface area contributed by atoms with E-state index in [0.29, 0.717) is 5.92 Å². The lowest BCUT2D eigenvalue weighted by Gasteiger charge is -2.16. The molecule has 2 atom stereocenters. The van der Waals surface area contributed by atoms with Crippen LogP contribution in [0, 0.1) is 0 Å². The molecule has 0 aromatic heterocycles. The summed E-state index contributed by atoms with van der Waals surface area (Å²) in [7, 11) is 3.32. The SMILES string of the molecule is COc1cc(OC)cc(C(C)CC(C)N)c1. The molecule has 0 fully saturated rings. The predicted molar refractivity (Wildman–Crippen MR) is 66.2 cm³/mol. The first-order valence-corrected chi connectivity index (χ1v) is 5.55. The largest absolute Gasteiger partial charge is 0.497 e. The highest BCUT2D eigenvalue weighted by molar-refractivity contribution is 5.39. The van der Waals surface area contributed by atoms with Crippen LogP contribution < -0.4 is 15.2 Å². The van der Waals surface area contributed by atoms with Crippen LogP contribution in [0.1, 0.15) is 31.7 Å². The van der Waals surface area contributed by atoms with E-state index in [2.05, 4.69) is 6.92 Å². The average Bonchev–Trinajstić information content (AvgIpc) is 2.27. The minimum atomic E-state index is 0.201. The summed E-state index contributed by atoms with van der Waals surface area (Å²) in [5.41, 5.74) is 7.01. The summed E-state index contributed by atoms with van der Waals surface area (Å²) >= 11 is 0. The van der Waals surface area contributed by atoms with E-state index in [1.807, 2.05) is 25.1 Å². The van der Waals surface area contributed by atoms with Crippen LogP contribution in [0.2, 0.25) is 0 Å². The second kappa shape index (κ2) is 5.75. The van der Waals surface area contributed by atoms with Crippen molar-refractivity contribution in [2.45, 2.75) is 32.2 Å². The van der Waals surface area contributed by atoms with E-state index in [-0.39, 0.29) is 6.04 Å². The van der Waals surface area contributed by atoms with Crippen molar-refractivity contribution in [2.24, 2.45) is 5.73 Å². The Morgan fingerprint density at radius 3 is 1.94 bits per heavy atom. The zero-order valence-electron chi connectivity index (χ0n) is 10.5. The van der Waals surface area contributed by atoms with Gasteiger partial charge in [-0.1, -0.05) is 6.92 Å². The van der Waals surface area contributed by atoms with Gasteiger partial charge in [0.05, 0.1) is 14.2 Å². The third-order valence-corrected chi connectivity index (χ3v) is 2.67. The molecule has 2 N–H and O–H groups in total. The lowest BCUT2D eigenvalue weighted by atomic mass is 9.94. The zero-order chi connectivity index (χ0) is 12.1. The van der Waals surface area contributed by atoms with Crippen molar-refractivity contribution in [2.75, 3.05) is 14.2 Å². The van der Waals surface area contributed by atoms with Crippen molar-refractivity contribution < 1.29 is 9.47 Å². The van der Waals surface area contributed by atoms with Gasteiger partial charge in [0, 0.05) is 12.1 Å². The first-order chi connectivity index (χ1) is 7.56. The number of hydrogen-bond acceptors (Lipinski definition) is 3. The van der Waals surface area contributed by atoms with Crippen LogP contribution >= 0.6 is 0 Å². The fourth-order valence-corrected chi connectivity index (χ4v) is 1.81. The van der Waals surface area contributed by atoms with Gasteiger partial charge in [-0.2, -0.15) is 0 Å². The van der Waals surface area contributed by atoms with Crippen LogP contribution in [-0.2, 0) is 0 Å². The van der Waals surface area contributed by atoms with Gasteiger partial charge in [0.2, 0.25) is 0 Å².